The Morgan fingerprint density at radius 1 is 1.14 bits per heavy atom. The minimum absolute atomic E-state index is 0.227. The molecule has 3 amide bonds. The fourth-order valence-electron chi connectivity index (χ4n) is 3.65. The van der Waals surface area contributed by atoms with Gasteiger partial charge in [0.1, 0.15) is 0 Å². The Bertz CT molecular complexity index is 951. The number of nitrogens with one attached hydrogen (secondary N) is 1. The minimum Gasteiger partial charge on any atom is -0.294 e. The first-order chi connectivity index (χ1) is 14.1. The molecule has 2 fully saturated rings. The van der Waals surface area contributed by atoms with E-state index in [0.717, 1.165) is 48.2 Å². The van der Waals surface area contributed by atoms with E-state index in [4.69, 9.17) is 0 Å². The first-order valence-electron chi connectivity index (χ1n) is 9.71. The highest BCUT2D eigenvalue weighted by molar-refractivity contribution is 9.10. The summed E-state index contributed by atoms with van der Waals surface area (Å²) in [5.74, 6) is 6.22. The Hall–Kier alpha value is -2.63. The largest absolute Gasteiger partial charge is 0.328 e. The Morgan fingerprint density at radius 3 is 2.55 bits per heavy atom. The summed E-state index contributed by atoms with van der Waals surface area (Å²) >= 11 is 3.45. The number of amides is 3. The number of likely N-dealkylation sites (tertiary alicyclic amines) is 1. The second-order valence-corrected chi connectivity index (χ2v) is 8.17. The molecular weight excluding hydrogens is 434 g/mol. The third-order valence-electron chi connectivity index (χ3n) is 5.27. The highest BCUT2D eigenvalue weighted by Gasteiger charge is 2.24. The third kappa shape index (κ3) is 4.86. The molecule has 1 aromatic carbocycles. The molecule has 1 aromatic heterocycles. The molecule has 0 bridgehead atoms. The monoisotopic (exact) mass is 455 g/mol. The number of hydrogen-bond acceptors (Lipinski definition) is 4. The average Bonchev–Trinajstić information content (AvgIpc) is 3.16. The maximum absolute atomic E-state index is 11.9. The number of aromatic nitrogens is 2. The number of nitrogens with zero attached hydrogens (tertiary/aromatic N) is 4. The molecule has 1 N–H and O–H groups in total. The van der Waals surface area contributed by atoms with Gasteiger partial charge in [0.2, 0.25) is 5.91 Å². The minimum atomic E-state index is -0.369. The van der Waals surface area contributed by atoms with Crippen LogP contribution >= 0.6 is 15.9 Å². The summed E-state index contributed by atoms with van der Waals surface area (Å²) in [6, 6.07) is 7.65. The van der Waals surface area contributed by atoms with Crippen LogP contribution in [0.1, 0.15) is 30.9 Å². The van der Waals surface area contributed by atoms with Crippen molar-refractivity contribution in [2.75, 3.05) is 31.1 Å². The Balaban J connectivity index is 1.28. The fourth-order valence-corrected chi connectivity index (χ4v) is 3.95. The maximum atomic E-state index is 11.9. The Labute approximate surface area is 178 Å². The van der Waals surface area contributed by atoms with Gasteiger partial charge in [-0.05, 0) is 53.0 Å². The van der Waals surface area contributed by atoms with E-state index in [1.807, 2.05) is 41.3 Å². The van der Waals surface area contributed by atoms with Crippen molar-refractivity contribution in [3.8, 4) is 11.8 Å². The van der Waals surface area contributed by atoms with E-state index in [1.54, 1.807) is 4.90 Å². The van der Waals surface area contributed by atoms with E-state index in [-0.39, 0.29) is 11.9 Å². The zero-order valence-electron chi connectivity index (χ0n) is 16.0. The van der Waals surface area contributed by atoms with E-state index in [1.165, 1.54) is 0 Å². The molecule has 150 valence electrons. The number of halogens is 1. The van der Waals surface area contributed by atoms with Crippen molar-refractivity contribution >= 4 is 33.6 Å². The zero-order valence-corrected chi connectivity index (χ0v) is 17.6. The number of hydrogen-bond donors (Lipinski definition) is 1. The molecular formula is C21H22BrN5O2. The van der Waals surface area contributed by atoms with Crippen LogP contribution < -0.4 is 10.2 Å². The zero-order chi connectivity index (χ0) is 20.2. The molecule has 0 atom stereocenters. The highest BCUT2D eigenvalue weighted by Crippen LogP contribution is 2.23. The van der Waals surface area contributed by atoms with Crippen LogP contribution in [0.2, 0.25) is 0 Å². The molecule has 2 saturated heterocycles. The summed E-state index contributed by atoms with van der Waals surface area (Å²) in [4.78, 5) is 27.1. The van der Waals surface area contributed by atoms with Crippen molar-refractivity contribution in [2.24, 2.45) is 0 Å². The van der Waals surface area contributed by atoms with Crippen molar-refractivity contribution in [2.45, 2.75) is 25.3 Å². The van der Waals surface area contributed by atoms with Crippen LogP contribution in [0, 0.1) is 11.8 Å². The van der Waals surface area contributed by atoms with Gasteiger partial charge in [0.15, 0.2) is 0 Å². The molecule has 7 nitrogen and oxygen atoms in total. The number of urea groups is 1. The van der Waals surface area contributed by atoms with Crippen LogP contribution in [0.15, 0.2) is 41.1 Å². The summed E-state index contributed by atoms with van der Waals surface area (Å²) in [6.07, 6.45) is 6.34. The number of benzene rings is 1. The average molecular weight is 456 g/mol. The fraction of sp³-hybridized carbons (Fsp3) is 0.381. The topological polar surface area (TPSA) is 70.5 Å². The lowest BCUT2D eigenvalue weighted by atomic mass is 10.1. The van der Waals surface area contributed by atoms with Crippen molar-refractivity contribution in [1.82, 2.24) is 20.0 Å². The van der Waals surface area contributed by atoms with Gasteiger partial charge in [0.25, 0.3) is 0 Å². The van der Waals surface area contributed by atoms with Gasteiger partial charge in [-0.15, -0.1) is 0 Å². The molecule has 2 aliphatic rings. The first kappa shape index (κ1) is 19.7. The molecule has 0 aliphatic carbocycles. The van der Waals surface area contributed by atoms with Crippen LogP contribution in [0.4, 0.5) is 10.5 Å². The summed E-state index contributed by atoms with van der Waals surface area (Å²) in [5, 5.41) is 6.73. The van der Waals surface area contributed by atoms with E-state index < -0.39 is 0 Å². The second kappa shape index (κ2) is 8.80. The van der Waals surface area contributed by atoms with Gasteiger partial charge < -0.3 is 0 Å². The molecule has 0 radical (unpaired) electrons. The number of carbonyl (C=O) groups is 2. The standard InChI is InChI=1S/C21H22BrN5O2/c22-17-14-23-27(15-17)19-7-11-25(12-8-19)10-1-2-16-3-5-18(6-4-16)26-13-9-20(28)24-21(26)29/h3-6,14-15,19H,7-13H2,(H,24,28,29). The molecule has 2 aliphatic heterocycles. The van der Waals surface area contributed by atoms with E-state index in [9.17, 15) is 9.59 Å². The van der Waals surface area contributed by atoms with Crippen LogP contribution in [0.25, 0.3) is 0 Å². The van der Waals surface area contributed by atoms with Crippen LogP contribution in [-0.2, 0) is 4.79 Å². The van der Waals surface area contributed by atoms with Gasteiger partial charge in [0.05, 0.1) is 23.3 Å². The lowest BCUT2D eigenvalue weighted by molar-refractivity contribution is -0.120. The van der Waals surface area contributed by atoms with E-state index in [2.05, 4.69) is 43.1 Å². The Morgan fingerprint density at radius 2 is 1.90 bits per heavy atom. The maximum Gasteiger partial charge on any atom is 0.328 e. The predicted molar refractivity (Wildman–Crippen MR) is 113 cm³/mol. The van der Waals surface area contributed by atoms with Gasteiger partial charge in [-0.25, -0.2) is 4.79 Å². The van der Waals surface area contributed by atoms with Crippen molar-refractivity contribution in [1.29, 1.82) is 0 Å². The molecule has 0 unspecified atom stereocenters. The summed E-state index contributed by atoms with van der Waals surface area (Å²) in [7, 11) is 0. The number of anilines is 1. The summed E-state index contributed by atoms with van der Waals surface area (Å²) in [5.41, 5.74) is 1.69. The van der Waals surface area contributed by atoms with Gasteiger partial charge in [0, 0.05) is 43.5 Å². The van der Waals surface area contributed by atoms with Crippen molar-refractivity contribution in [3.63, 3.8) is 0 Å². The lowest BCUT2D eigenvalue weighted by Gasteiger charge is -2.30. The van der Waals surface area contributed by atoms with E-state index in [0.29, 0.717) is 19.0 Å². The number of imide groups is 1. The molecule has 0 saturated carbocycles. The summed E-state index contributed by atoms with van der Waals surface area (Å²) in [6.45, 7) is 3.17. The van der Waals surface area contributed by atoms with Crippen LogP contribution in [0.5, 0.6) is 0 Å². The molecule has 0 spiro atoms. The Kier molecular flexibility index (Phi) is 5.97. The molecule has 8 heteroatoms. The predicted octanol–water partition coefficient (Wildman–Crippen LogP) is 2.78. The first-order valence-corrected chi connectivity index (χ1v) is 10.5. The summed E-state index contributed by atoms with van der Waals surface area (Å²) < 4.78 is 3.07. The lowest BCUT2D eigenvalue weighted by Crippen LogP contribution is -2.49. The van der Waals surface area contributed by atoms with E-state index >= 15 is 0 Å². The SMILES string of the molecule is O=C1CCN(c2ccc(C#CCN3CCC(n4cc(Br)cn4)CC3)cc2)C(=O)N1. The second-order valence-electron chi connectivity index (χ2n) is 7.25. The number of rotatable bonds is 3. The molecule has 2 aromatic rings. The van der Waals surface area contributed by atoms with Gasteiger partial charge in [-0.3, -0.25) is 24.6 Å². The smallest absolute Gasteiger partial charge is 0.294 e. The molecule has 3 heterocycles. The van der Waals surface area contributed by atoms with Crippen LogP contribution in [0.3, 0.4) is 0 Å². The third-order valence-corrected chi connectivity index (χ3v) is 5.68. The van der Waals surface area contributed by atoms with Gasteiger partial charge >= 0.3 is 6.03 Å². The quantitative estimate of drug-likeness (QED) is 0.722. The number of carbonyl (C=O) groups excluding carboxylic acids is 2. The van der Waals surface area contributed by atoms with Crippen molar-refractivity contribution < 1.29 is 9.59 Å². The van der Waals surface area contributed by atoms with Gasteiger partial charge in [-0.1, -0.05) is 11.8 Å². The van der Waals surface area contributed by atoms with Crippen molar-refractivity contribution in [3.05, 3.63) is 46.7 Å². The normalized spacial score (nSPS) is 18.3. The highest BCUT2D eigenvalue weighted by atomic mass is 79.9. The number of piperidine rings is 1. The van der Waals surface area contributed by atoms with Crippen LogP contribution in [-0.4, -0.2) is 52.8 Å². The molecule has 29 heavy (non-hydrogen) atoms. The molecule has 4 rings (SSSR count). The van der Waals surface area contributed by atoms with Gasteiger partial charge in [-0.2, -0.15) is 5.10 Å².